The van der Waals surface area contributed by atoms with E-state index in [-0.39, 0.29) is 17.5 Å². The lowest BCUT2D eigenvalue weighted by Crippen LogP contribution is -2.14. The number of benzene rings is 1. The Balaban J connectivity index is 2.85. The van der Waals surface area contributed by atoms with Crippen molar-refractivity contribution < 1.29 is 9.59 Å². The van der Waals surface area contributed by atoms with Gasteiger partial charge in [0.15, 0.2) is 5.78 Å². The fraction of sp³-hybridized carbons (Fsp3) is 0.333. The van der Waals surface area contributed by atoms with Crippen molar-refractivity contribution in [2.75, 3.05) is 0 Å². The molecule has 0 fully saturated rings. The maximum atomic E-state index is 11.9. The van der Waals surface area contributed by atoms with E-state index in [4.69, 9.17) is 0 Å². The maximum Gasteiger partial charge on any atom is 0.167 e. The molecular weight excluding hydrogens is 256 g/mol. The van der Waals surface area contributed by atoms with E-state index >= 15 is 0 Å². The molecule has 2 nitrogen and oxygen atoms in total. The lowest BCUT2D eigenvalue weighted by Gasteiger charge is -2.09. The molecule has 0 radical (unpaired) electrons. The Morgan fingerprint density at radius 2 is 1.93 bits per heavy atom. The summed E-state index contributed by atoms with van der Waals surface area (Å²) >= 11 is 3.33. The van der Waals surface area contributed by atoms with E-state index < -0.39 is 0 Å². The third-order valence-electron chi connectivity index (χ3n) is 2.18. The van der Waals surface area contributed by atoms with Crippen LogP contribution in [0.15, 0.2) is 28.7 Å². The number of hydrogen-bond acceptors (Lipinski definition) is 2. The van der Waals surface area contributed by atoms with Crippen LogP contribution in [0.5, 0.6) is 0 Å². The summed E-state index contributed by atoms with van der Waals surface area (Å²) in [5.41, 5.74) is 0.645. The summed E-state index contributed by atoms with van der Waals surface area (Å²) in [4.78, 5) is 22.8. The van der Waals surface area contributed by atoms with E-state index in [0.717, 1.165) is 4.47 Å². The summed E-state index contributed by atoms with van der Waals surface area (Å²) < 4.78 is 0.783. The zero-order valence-corrected chi connectivity index (χ0v) is 10.4. The van der Waals surface area contributed by atoms with E-state index in [2.05, 4.69) is 15.9 Å². The van der Waals surface area contributed by atoms with E-state index in [9.17, 15) is 9.59 Å². The highest BCUT2D eigenvalue weighted by Crippen LogP contribution is 2.20. The third-order valence-corrected chi connectivity index (χ3v) is 2.87. The summed E-state index contributed by atoms with van der Waals surface area (Å²) in [6, 6.07) is 7.27. The van der Waals surface area contributed by atoms with Gasteiger partial charge in [0.1, 0.15) is 5.78 Å². The van der Waals surface area contributed by atoms with Gasteiger partial charge >= 0.3 is 0 Å². The highest BCUT2D eigenvalue weighted by molar-refractivity contribution is 9.10. The van der Waals surface area contributed by atoms with Crippen molar-refractivity contribution in [3.05, 3.63) is 34.3 Å². The highest BCUT2D eigenvalue weighted by atomic mass is 79.9. The number of carbonyl (C=O) groups excluding carboxylic acids is 2. The Hall–Kier alpha value is -0.960. The molecular formula is C12H13BrO2. The molecule has 3 heteroatoms. The first-order valence-corrected chi connectivity index (χ1v) is 5.60. The Kier molecular flexibility index (Phi) is 4.21. The van der Waals surface area contributed by atoms with Crippen molar-refractivity contribution in [1.29, 1.82) is 0 Å². The molecule has 0 saturated heterocycles. The predicted octanol–water partition coefficient (Wildman–Crippen LogP) is 3.25. The molecule has 0 spiro atoms. The molecule has 0 saturated carbocycles. The second-order valence-corrected chi connectivity index (χ2v) is 4.51. The Morgan fingerprint density at radius 1 is 1.33 bits per heavy atom. The molecule has 0 aliphatic rings. The van der Waals surface area contributed by atoms with E-state index in [1.165, 1.54) is 6.92 Å². The van der Waals surface area contributed by atoms with Gasteiger partial charge in [0, 0.05) is 22.4 Å². The van der Waals surface area contributed by atoms with Gasteiger partial charge in [0.05, 0.1) is 0 Å². The highest BCUT2D eigenvalue weighted by Gasteiger charge is 2.18. The number of Topliss-reactive ketones (excluding diaryl/α,β-unsaturated/α-hetero) is 2. The van der Waals surface area contributed by atoms with Gasteiger partial charge in [-0.2, -0.15) is 0 Å². The third kappa shape index (κ3) is 3.27. The van der Waals surface area contributed by atoms with Gasteiger partial charge in [-0.1, -0.05) is 41.1 Å². The zero-order valence-electron chi connectivity index (χ0n) is 8.79. The minimum Gasteiger partial charge on any atom is -0.300 e. The molecule has 1 atom stereocenters. The van der Waals surface area contributed by atoms with Crippen molar-refractivity contribution in [2.24, 2.45) is 5.92 Å². The van der Waals surface area contributed by atoms with Crippen LogP contribution in [0.25, 0.3) is 0 Å². The van der Waals surface area contributed by atoms with Crippen molar-refractivity contribution in [1.82, 2.24) is 0 Å². The average molecular weight is 269 g/mol. The van der Waals surface area contributed by atoms with Crippen LogP contribution in [0.3, 0.4) is 0 Å². The number of carbonyl (C=O) groups is 2. The number of ketones is 2. The van der Waals surface area contributed by atoms with Crippen molar-refractivity contribution in [2.45, 2.75) is 20.3 Å². The summed E-state index contributed by atoms with van der Waals surface area (Å²) in [7, 11) is 0. The molecule has 1 unspecified atom stereocenters. The van der Waals surface area contributed by atoms with Gasteiger partial charge in [-0.05, 0) is 13.0 Å². The number of hydrogen-bond donors (Lipinski definition) is 0. The summed E-state index contributed by atoms with van der Waals surface area (Å²) in [6.45, 7) is 3.28. The molecule has 0 amide bonds. The molecule has 0 aliphatic carbocycles. The molecule has 0 N–H and O–H groups in total. The van der Waals surface area contributed by atoms with Gasteiger partial charge in [0.2, 0.25) is 0 Å². The number of halogens is 1. The Labute approximate surface area is 97.8 Å². The van der Waals surface area contributed by atoms with Crippen LogP contribution in [0.4, 0.5) is 0 Å². The first-order valence-electron chi connectivity index (χ1n) is 4.80. The maximum absolute atomic E-state index is 11.9. The molecule has 0 aliphatic heterocycles. The van der Waals surface area contributed by atoms with Crippen LogP contribution in [0, 0.1) is 5.92 Å². The first-order chi connectivity index (χ1) is 7.02. The molecule has 0 aromatic heterocycles. The molecule has 1 aromatic carbocycles. The molecule has 1 aromatic rings. The second-order valence-electron chi connectivity index (χ2n) is 3.65. The van der Waals surface area contributed by atoms with E-state index in [1.807, 2.05) is 18.2 Å². The zero-order chi connectivity index (χ0) is 11.4. The second kappa shape index (κ2) is 5.21. The van der Waals surface area contributed by atoms with Crippen LogP contribution in [-0.4, -0.2) is 11.6 Å². The normalized spacial score (nSPS) is 12.2. The molecule has 15 heavy (non-hydrogen) atoms. The minimum atomic E-state index is -0.249. The Morgan fingerprint density at radius 3 is 2.47 bits per heavy atom. The summed E-state index contributed by atoms with van der Waals surface area (Å²) in [5, 5.41) is 0. The SMILES string of the molecule is CC(=O)CC(C)C(=O)c1ccccc1Br. The van der Waals surface area contributed by atoms with Gasteiger partial charge in [0.25, 0.3) is 0 Å². The summed E-state index contributed by atoms with van der Waals surface area (Å²) in [6.07, 6.45) is 0.306. The van der Waals surface area contributed by atoms with Crippen molar-refractivity contribution >= 4 is 27.5 Å². The lowest BCUT2D eigenvalue weighted by molar-refractivity contribution is -0.117. The summed E-state index contributed by atoms with van der Waals surface area (Å²) in [5.74, 6) is -0.193. The van der Waals surface area contributed by atoms with Gasteiger partial charge in [-0.25, -0.2) is 0 Å². The molecule has 0 heterocycles. The van der Waals surface area contributed by atoms with Crippen molar-refractivity contribution in [3.8, 4) is 0 Å². The molecule has 80 valence electrons. The first kappa shape index (κ1) is 12.1. The average Bonchev–Trinajstić information content (AvgIpc) is 2.16. The van der Waals surface area contributed by atoms with E-state index in [0.29, 0.717) is 12.0 Å². The van der Waals surface area contributed by atoms with Crippen molar-refractivity contribution in [3.63, 3.8) is 0 Å². The van der Waals surface area contributed by atoms with E-state index in [1.54, 1.807) is 13.0 Å². The van der Waals surface area contributed by atoms with Gasteiger partial charge in [-0.15, -0.1) is 0 Å². The predicted molar refractivity (Wildman–Crippen MR) is 62.9 cm³/mol. The fourth-order valence-electron chi connectivity index (χ4n) is 1.45. The fourth-order valence-corrected chi connectivity index (χ4v) is 1.93. The minimum absolute atomic E-state index is 0.0117. The Bertz CT molecular complexity index is 385. The molecule has 0 bridgehead atoms. The smallest absolute Gasteiger partial charge is 0.167 e. The van der Waals surface area contributed by atoms with Crippen LogP contribution in [0.1, 0.15) is 30.6 Å². The topological polar surface area (TPSA) is 34.1 Å². The largest absolute Gasteiger partial charge is 0.300 e. The van der Waals surface area contributed by atoms with Crippen LogP contribution in [-0.2, 0) is 4.79 Å². The monoisotopic (exact) mass is 268 g/mol. The molecule has 1 rings (SSSR count). The standard InChI is InChI=1S/C12H13BrO2/c1-8(7-9(2)14)12(15)10-5-3-4-6-11(10)13/h3-6,8H,7H2,1-2H3. The number of rotatable bonds is 4. The quantitative estimate of drug-likeness (QED) is 0.786. The lowest BCUT2D eigenvalue weighted by atomic mass is 9.95. The van der Waals surface area contributed by atoms with Crippen LogP contribution < -0.4 is 0 Å². The van der Waals surface area contributed by atoms with Crippen LogP contribution in [0.2, 0.25) is 0 Å². The van der Waals surface area contributed by atoms with Gasteiger partial charge in [-0.3, -0.25) is 4.79 Å². The van der Waals surface area contributed by atoms with Crippen LogP contribution >= 0.6 is 15.9 Å². The van der Waals surface area contributed by atoms with Gasteiger partial charge < -0.3 is 4.79 Å².